The van der Waals surface area contributed by atoms with Crippen molar-refractivity contribution in [1.82, 2.24) is 5.32 Å². The van der Waals surface area contributed by atoms with E-state index in [9.17, 15) is 4.79 Å². The fourth-order valence-electron chi connectivity index (χ4n) is 1.74. The van der Waals surface area contributed by atoms with Crippen LogP contribution in [0.2, 0.25) is 0 Å². The standard InChI is InChI=1S/C16H26N2O3/c1-3-5-9-17-13-16(19)18-14-7-6-8-15(12-14)21-11-10-20-4-2/h6-8,12,17H,3-5,9-11,13H2,1-2H3,(H,18,19). The molecule has 0 aromatic heterocycles. The van der Waals surface area contributed by atoms with Gasteiger partial charge in [0.05, 0.1) is 13.2 Å². The molecule has 0 saturated carbocycles. The van der Waals surface area contributed by atoms with Crippen molar-refractivity contribution in [1.29, 1.82) is 0 Å². The third-order valence-electron chi connectivity index (χ3n) is 2.81. The minimum Gasteiger partial charge on any atom is -0.491 e. The number of benzene rings is 1. The highest BCUT2D eigenvalue weighted by atomic mass is 16.5. The predicted octanol–water partition coefficient (Wildman–Crippen LogP) is 2.43. The summed E-state index contributed by atoms with van der Waals surface area (Å²) < 4.78 is 10.8. The second-order valence-electron chi connectivity index (χ2n) is 4.65. The summed E-state index contributed by atoms with van der Waals surface area (Å²) >= 11 is 0. The molecular weight excluding hydrogens is 268 g/mol. The van der Waals surface area contributed by atoms with Crippen molar-refractivity contribution in [2.24, 2.45) is 0 Å². The molecule has 0 spiro atoms. The van der Waals surface area contributed by atoms with Crippen molar-refractivity contribution in [3.8, 4) is 5.75 Å². The lowest BCUT2D eigenvalue weighted by Crippen LogP contribution is -2.28. The highest BCUT2D eigenvalue weighted by Crippen LogP contribution is 2.17. The van der Waals surface area contributed by atoms with Crippen molar-refractivity contribution >= 4 is 11.6 Å². The molecule has 0 aliphatic carbocycles. The molecule has 0 radical (unpaired) electrons. The van der Waals surface area contributed by atoms with Gasteiger partial charge in [0.1, 0.15) is 12.4 Å². The van der Waals surface area contributed by atoms with Crippen LogP contribution >= 0.6 is 0 Å². The average molecular weight is 294 g/mol. The van der Waals surface area contributed by atoms with Gasteiger partial charge in [-0.1, -0.05) is 19.4 Å². The lowest BCUT2D eigenvalue weighted by Gasteiger charge is -2.09. The molecule has 1 rings (SSSR count). The molecule has 0 saturated heterocycles. The van der Waals surface area contributed by atoms with Crippen molar-refractivity contribution in [3.63, 3.8) is 0 Å². The average Bonchev–Trinajstić information content (AvgIpc) is 2.49. The van der Waals surface area contributed by atoms with Crippen LogP contribution in [0.5, 0.6) is 5.75 Å². The Kier molecular flexibility index (Phi) is 9.24. The topological polar surface area (TPSA) is 59.6 Å². The first-order chi connectivity index (χ1) is 10.3. The highest BCUT2D eigenvalue weighted by Gasteiger charge is 2.03. The zero-order valence-corrected chi connectivity index (χ0v) is 13.0. The quantitative estimate of drug-likeness (QED) is 0.615. The molecule has 0 bridgehead atoms. The molecule has 0 atom stereocenters. The molecule has 1 aromatic rings. The van der Waals surface area contributed by atoms with Crippen LogP contribution in [0.3, 0.4) is 0 Å². The lowest BCUT2D eigenvalue weighted by molar-refractivity contribution is -0.115. The van der Waals surface area contributed by atoms with E-state index >= 15 is 0 Å². The van der Waals surface area contributed by atoms with E-state index in [0.29, 0.717) is 26.4 Å². The molecule has 0 aliphatic heterocycles. The predicted molar refractivity (Wildman–Crippen MR) is 84.8 cm³/mol. The van der Waals surface area contributed by atoms with Crippen LogP contribution in [0.1, 0.15) is 26.7 Å². The second kappa shape index (κ2) is 11.1. The molecule has 2 N–H and O–H groups in total. The maximum Gasteiger partial charge on any atom is 0.238 e. The first-order valence-electron chi connectivity index (χ1n) is 7.57. The Labute approximate surface area is 127 Å². The Bertz CT molecular complexity index is 410. The van der Waals surface area contributed by atoms with Gasteiger partial charge in [-0.25, -0.2) is 0 Å². The van der Waals surface area contributed by atoms with E-state index in [0.717, 1.165) is 30.8 Å². The minimum absolute atomic E-state index is 0.0439. The third-order valence-corrected chi connectivity index (χ3v) is 2.81. The number of unbranched alkanes of at least 4 members (excludes halogenated alkanes) is 1. The van der Waals surface area contributed by atoms with Crippen LogP contribution in [0.4, 0.5) is 5.69 Å². The summed E-state index contributed by atoms with van der Waals surface area (Å²) in [5.41, 5.74) is 0.742. The molecule has 118 valence electrons. The zero-order valence-electron chi connectivity index (χ0n) is 13.0. The Morgan fingerprint density at radius 3 is 2.86 bits per heavy atom. The number of carbonyl (C=O) groups excluding carboxylic acids is 1. The van der Waals surface area contributed by atoms with Crippen LogP contribution in [-0.4, -0.2) is 38.8 Å². The van der Waals surface area contributed by atoms with E-state index < -0.39 is 0 Å². The number of nitrogens with one attached hydrogen (secondary N) is 2. The molecular formula is C16H26N2O3. The fraction of sp³-hybridized carbons (Fsp3) is 0.562. The Balaban J connectivity index is 2.32. The number of hydrogen-bond donors (Lipinski definition) is 2. The van der Waals surface area contributed by atoms with Gasteiger partial charge in [-0.2, -0.15) is 0 Å². The second-order valence-corrected chi connectivity index (χ2v) is 4.65. The fourth-order valence-corrected chi connectivity index (χ4v) is 1.74. The normalized spacial score (nSPS) is 10.4. The van der Waals surface area contributed by atoms with Crippen molar-refractivity contribution in [2.45, 2.75) is 26.7 Å². The summed E-state index contributed by atoms with van der Waals surface area (Å²) in [6.07, 6.45) is 2.20. The minimum atomic E-state index is -0.0439. The van der Waals surface area contributed by atoms with Gasteiger partial charge < -0.3 is 20.1 Å². The molecule has 0 aliphatic rings. The van der Waals surface area contributed by atoms with E-state index in [4.69, 9.17) is 9.47 Å². The maximum atomic E-state index is 11.8. The van der Waals surface area contributed by atoms with Crippen LogP contribution in [0.15, 0.2) is 24.3 Å². The summed E-state index contributed by atoms with van der Waals surface area (Å²) in [6.45, 7) is 7.02. The van der Waals surface area contributed by atoms with Gasteiger partial charge in [0.2, 0.25) is 5.91 Å². The molecule has 5 heteroatoms. The summed E-state index contributed by atoms with van der Waals surface area (Å²) in [6, 6.07) is 7.38. The van der Waals surface area contributed by atoms with Gasteiger partial charge in [0.25, 0.3) is 0 Å². The summed E-state index contributed by atoms with van der Waals surface area (Å²) in [5, 5.41) is 5.96. The van der Waals surface area contributed by atoms with Crippen LogP contribution in [-0.2, 0) is 9.53 Å². The van der Waals surface area contributed by atoms with Gasteiger partial charge >= 0.3 is 0 Å². The van der Waals surface area contributed by atoms with Crippen LogP contribution in [0.25, 0.3) is 0 Å². The van der Waals surface area contributed by atoms with Crippen LogP contribution in [0, 0.1) is 0 Å². The smallest absolute Gasteiger partial charge is 0.238 e. The van der Waals surface area contributed by atoms with Crippen molar-refractivity contribution in [3.05, 3.63) is 24.3 Å². The van der Waals surface area contributed by atoms with Gasteiger partial charge in [-0.3, -0.25) is 4.79 Å². The van der Waals surface area contributed by atoms with Gasteiger partial charge in [0.15, 0.2) is 0 Å². The van der Waals surface area contributed by atoms with Crippen molar-refractivity contribution < 1.29 is 14.3 Å². The number of rotatable bonds is 11. The molecule has 1 aromatic carbocycles. The van der Waals surface area contributed by atoms with E-state index in [1.807, 2.05) is 31.2 Å². The van der Waals surface area contributed by atoms with E-state index in [1.165, 1.54) is 0 Å². The molecule has 5 nitrogen and oxygen atoms in total. The molecule has 1 amide bonds. The first-order valence-corrected chi connectivity index (χ1v) is 7.57. The molecule has 0 unspecified atom stereocenters. The van der Waals surface area contributed by atoms with Crippen LogP contribution < -0.4 is 15.4 Å². The van der Waals surface area contributed by atoms with Gasteiger partial charge in [0, 0.05) is 18.4 Å². The maximum absolute atomic E-state index is 11.8. The number of amides is 1. The largest absolute Gasteiger partial charge is 0.491 e. The number of carbonyl (C=O) groups is 1. The zero-order chi connectivity index (χ0) is 15.3. The van der Waals surface area contributed by atoms with E-state index in [1.54, 1.807) is 0 Å². The number of ether oxygens (including phenoxy) is 2. The summed E-state index contributed by atoms with van der Waals surface area (Å²) in [4.78, 5) is 11.8. The van der Waals surface area contributed by atoms with Crippen molar-refractivity contribution in [2.75, 3.05) is 38.2 Å². The van der Waals surface area contributed by atoms with E-state index in [-0.39, 0.29) is 5.91 Å². The number of anilines is 1. The third kappa shape index (κ3) is 8.32. The first kappa shape index (κ1) is 17.5. The highest BCUT2D eigenvalue weighted by molar-refractivity contribution is 5.92. The SMILES string of the molecule is CCCCNCC(=O)Nc1cccc(OCCOCC)c1. The van der Waals surface area contributed by atoms with Gasteiger partial charge in [-0.05, 0) is 32.0 Å². The Hall–Kier alpha value is -1.59. The van der Waals surface area contributed by atoms with Gasteiger partial charge in [-0.15, -0.1) is 0 Å². The lowest BCUT2D eigenvalue weighted by atomic mass is 10.3. The summed E-state index contributed by atoms with van der Waals surface area (Å²) in [7, 11) is 0. The van der Waals surface area contributed by atoms with E-state index in [2.05, 4.69) is 17.6 Å². The Morgan fingerprint density at radius 1 is 1.24 bits per heavy atom. The summed E-state index contributed by atoms with van der Waals surface area (Å²) in [5.74, 6) is 0.684. The Morgan fingerprint density at radius 2 is 2.10 bits per heavy atom. The molecule has 0 heterocycles. The molecule has 0 fully saturated rings. The molecule has 21 heavy (non-hydrogen) atoms. The number of hydrogen-bond acceptors (Lipinski definition) is 4. The monoisotopic (exact) mass is 294 g/mol.